The molecular weight excluding hydrogens is 456 g/mol. The zero-order valence-corrected chi connectivity index (χ0v) is 20.5. The van der Waals surface area contributed by atoms with Gasteiger partial charge < -0.3 is 15.4 Å². The van der Waals surface area contributed by atoms with Gasteiger partial charge in [-0.15, -0.1) is 0 Å². The highest BCUT2D eigenvalue weighted by atomic mass is 16.5. The summed E-state index contributed by atoms with van der Waals surface area (Å²) in [6, 6.07) is 16.6. The van der Waals surface area contributed by atoms with Crippen LogP contribution in [0.2, 0.25) is 0 Å². The highest BCUT2D eigenvalue weighted by Gasteiger charge is 2.25. The maximum atomic E-state index is 13.6. The Kier molecular flexibility index (Phi) is 8.05. The average Bonchev–Trinajstić information content (AvgIpc) is 2.90. The van der Waals surface area contributed by atoms with E-state index < -0.39 is 11.2 Å². The molecule has 1 aliphatic carbocycles. The predicted molar refractivity (Wildman–Crippen MR) is 141 cm³/mol. The number of carbonyl (C=O) groups excluding carboxylic acids is 1. The molecule has 2 aromatic carbocycles. The molecule has 1 aromatic heterocycles. The van der Waals surface area contributed by atoms with E-state index in [0.29, 0.717) is 18.7 Å². The Morgan fingerprint density at radius 3 is 2.47 bits per heavy atom. The number of amides is 1. The van der Waals surface area contributed by atoms with Crippen LogP contribution in [0.5, 0.6) is 5.75 Å². The first-order valence-corrected chi connectivity index (χ1v) is 12.2. The lowest BCUT2D eigenvalue weighted by Gasteiger charge is -2.26. The summed E-state index contributed by atoms with van der Waals surface area (Å²) in [5.41, 5.74) is 8.09. The number of H-pyrrole nitrogens is 1. The Morgan fingerprint density at radius 1 is 1.06 bits per heavy atom. The fraction of sp³-hybridized carbons (Fsp3) is 0.321. The quantitative estimate of drug-likeness (QED) is 0.447. The van der Waals surface area contributed by atoms with Crippen LogP contribution < -0.4 is 26.6 Å². The molecule has 0 spiro atoms. The van der Waals surface area contributed by atoms with Crippen molar-refractivity contribution in [2.75, 3.05) is 24.3 Å². The maximum Gasteiger partial charge on any atom is 0.330 e. The fourth-order valence-corrected chi connectivity index (χ4v) is 4.52. The van der Waals surface area contributed by atoms with E-state index in [4.69, 9.17) is 10.5 Å². The molecule has 3 N–H and O–H groups in total. The number of nitrogen functional groups attached to an aromatic ring is 1. The van der Waals surface area contributed by atoms with Crippen molar-refractivity contribution in [1.29, 1.82) is 0 Å². The van der Waals surface area contributed by atoms with E-state index in [9.17, 15) is 14.4 Å². The minimum Gasteiger partial charge on any atom is -0.497 e. The second-order valence-electron chi connectivity index (χ2n) is 8.99. The lowest BCUT2D eigenvalue weighted by molar-refractivity contribution is -0.118. The molecule has 36 heavy (non-hydrogen) atoms. The van der Waals surface area contributed by atoms with Crippen LogP contribution in [0.4, 0.5) is 11.5 Å². The third-order valence-electron chi connectivity index (χ3n) is 6.52. The molecule has 188 valence electrons. The molecule has 3 aromatic rings. The van der Waals surface area contributed by atoms with Gasteiger partial charge in [-0.3, -0.25) is 19.1 Å². The highest BCUT2D eigenvalue weighted by Crippen LogP contribution is 2.24. The zero-order chi connectivity index (χ0) is 25.5. The number of aromatic amines is 1. The number of hydrogen-bond acceptors (Lipinski definition) is 5. The summed E-state index contributed by atoms with van der Waals surface area (Å²) in [4.78, 5) is 43.1. The lowest BCUT2D eigenvalue weighted by atomic mass is 9.97. The topological polar surface area (TPSA) is 110 Å². The van der Waals surface area contributed by atoms with Crippen LogP contribution in [0.25, 0.3) is 0 Å². The number of hydrogen-bond donors (Lipinski definition) is 2. The summed E-state index contributed by atoms with van der Waals surface area (Å²) in [6.07, 6.45) is 7.25. The molecule has 4 rings (SSSR count). The number of allylic oxidation sites excluding steroid dienone is 1. The summed E-state index contributed by atoms with van der Waals surface area (Å²) in [5.74, 6) is 0.410. The molecule has 8 heteroatoms. The van der Waals surface area contributed by atoms with Crippen molar-refractivity contribution in [1.82, 2.24) is 9.55 Å². The third-order valence-corrected chi connectivity index (χ3v) is 6.52. The standard InChI is InChI=1S/C28H32N4O4/c1-36-23-14-12-21(13-15-23)18-24(33)31(17-16-20-8-4-2-5-9-20)25-26(29)32(28(35)30-27(25)34)19-22-10-6-3-7-11-22/h3,6-8,10-15H,2,4-5,9,16-19,29H2,1H3,(H,30,34,35). The first-order valence-electron chi connectivity index (χ1n) is 12.2. The van der Waals surface area contributed by atoms with E-state index in [1.807, 2.05) is 42.5 Å². The summed E-state index contributed by atoms with van der Waals surface area (Å²) in [5, 5.41) is 0. The Labute approximate surface area is 210 Å². The molecule has 1 amide bonds. The zero-order valence-electron chi connectivity index (χ0n) is 20.5. The number of nitrogens with one attached hydrogen (secondary N) is 1. The average molecular weight is 489 g/mol. The van der Waals surface area contributed by atoms with E-state index in [1.54, 1.807) is 19.2 Å². The maximum absolute atomic E-state index is 13.6. The van der Waals surface area contributed by atoms with E-state index in [-0.39, 0.29) is 30.4 Å². The molecular formula is C28H32N4O4. The summed E-state index contributed by atoms with van der Waals surface area (Å²) >= 11 is 0. The SMILES string of the molecule is COc1ccc(CC(=O)N(CCC2=CCCCC2)c2c(N)n(Cc3ccccc3)c(=O)[nH]c2=O)cc1. The fourth-order valence-electron chi connectivity index (χ4n) is 4.52. The molecule has 0 fully saturated rings. The van der Waals surface area contributed by atoms with E-state index in [1.165, 1.54) is 21.5 Å². The van der Waals surface area contributed by atoms with Crippen LogP contribution in [0.15, 0.2) is 75.8 Å². The minimum absolute atomic E-state index is 0.0143. The van der Waals surface area contributed by atoms with Crippen LogP contribution >= 0.6 is 0 Å². The number of aromatic nitrogens is 2. The first-order chi connectivity index (χ1) is 17.5. The number of carbonyl (C=O) groups is 1. The van der Waals surface area contributed by atoms with Crippen LogP contribution in [-0.2, 0) is 17.8 Å². The smallest absolute Gasteiger partial charge is 0.330 e. The summed E-state index contributed by atoms with van der Waals surface area (Å²) < 4.78 is 6.51. The van der Waals surface area contributed by atoms with Gasteiger partial charge in [0.15, 0.2) is 5.69 Å². The van der Waals surface area contributed by atoms with Gasteiger partial charge in [0.2, 0.25) is 5.91 Å². The number of rotatable bonds is 9. The minimum atomic E-state index is -0.664. The summed E-state index contributed by atoms with van der Waals surface area (Å²) in [6.45, 7) is 0.485. The van der Waals surface area contributed by atoms with Gasteiger partial charge in [0.25, 0.3) is 5.56 Å². The first kappa shape index (κ1) is 25.0. The van der Waals surface area contributed by atoms with Crippen molar-refractivity contribution in [3.05, 3.63) is 98.2 Å². The number of methoxy groups -OCH3 is 1. The van der Waals surface area contributed by atoms with Gasteiger partial charge in [-0.1, -0.05) is 54.1 Å². The molecule has 0 saturated heterocycles. The normalized spacial score (nSPS) is 13.2. The lowest BCUT2D eigenvalue weighted by Crippen LogP contribution is -2.42. The third kappa shape index (κ3) is 5.94. The number of ether oxygens (including phenoxy) is 1. The van der Waals surface area contributed by atoms with Crippen molar-refractivity contribution in [2.45, 2.75) is 45.1 Å². The number of nitrogens with two attached hydrogens (primary N) is 1. The van der Waals surface area contributed by atoms with Gasteiger partial charge in [0.1, 0.15) is 11.6 Å². The van der Waals surface area contributed by atoms with E-state index in [2.05, 4.69) is 11.1 Å². The van der Waals surface area contributed by atoms with Gasteiger partial charge in [-0.2, -0.15) is 0 Å². The predicted octanol–water partition coefficient (Wildman–Crippen LogP) is 3.64. The summed E-state index contributed by atoms with van der Waals surface area (Å²) in [7, 11) is 1.58. The van der Waals surface area contributed by atoms with Crippen molar-refractivity contribution in [3.63, 3.8) is 0 Å². The van der Waals surface area contributed by atoms with Crippen molar-refractivity contribution < 1.29 is 9.53 Å². The van der Waals surface area contributed by atoms with Gasteiger partial charge >= 0.3 is 5.69 Å². The van der Waals surface area contributed by atoms with E-state index in [0.717, 1.165) is 30.4 Å². The molecule has 0 aliphatic heterocycles. The monoisotopic (exact) mass is 488 g/mol. The Bertz CT molecular complexity index is 1340. The molecule has 8 nitrogen and oxygen atoms in total. The molecule has 0 bridgehead atoms. The van der Waals surface area contributed by atoms with Gasteiger partial charge in [-0.25, -0.2) is 4.79 Å². The molecule has 0 saturated carbocycles. The Hall–Kier alpha value is -4.07. The number of anilines is 2. The number of nitrogens with zero attached hydrogens (tertiary/aromatic N) is 2. The Balaban J connectivity index is 1.69. The second-order valence-corrected chi connectivity index (χ2v) is 8.99. The Morgan fingerprint density at radius 2 is 1.81 bits per heavy atom. The van der Waals surface area contributed by atoms with Gasteiger partial charge in [0.05, 0.1) is 20.1 Å². The largest absolute Gasteiger partial charge is 0.497 e. The van der Waals surface area contributed by atoms with E-state index >= 15 is 0 Å². The van der Waals surface area contributed by atoms with Crippen molar-refractivity contribution in [2.24, 2.45) is 0 Å². The van der Waals surface area contributed by atoms with Crippen molar-refractivity contribution >= 4 is 17.4 Å². The van der Waals surface area contributed by atoms with Crippen LogP contribution in [-0.4, -0.2) is 29.1 Å². The molecule has 1 heterocycles. The molecule has 0 radical (unpaired) electrons. The molecule has 0 atom stereocenters. The molecule has 0 unspecified atom stereocenters. The van der Waals surface area contributed by atoms with Crippen LogP contribution in [0.3, 0.4) is 0 Å². The van der Waals surface area contributed by atoms with Crippen molar-refractivity contribution in [3.8, 4) is 5.75 Å². The van der Waals surface area contributed by atoms with Gasteiger partial charge in [-0.05, 0) is 55.4 Å². The second kappa shape index (κ2) is 11.6. The van der Waals surface area contributed by atoms with Crippen LogP contribution in [0.1, 0.15) is 43.2 Å². The highest BCUT2D eigenvalue weighted by molar-refractivity contribution is 5.96. The van der Waals surface area contributed by atoms with Crippen LogP contribution in [0, 0.1) is 0 Å². The van der Waals surface area contributed by atoms with Gasteiger partial charge in [0, 0.05) is 6.54 Å². The number of benzene rings is 2. The molecule has 1 aliphatic rings.